The van der Waals surface area contributed by atoms with Crippen LogP contribution in [0.15, 0.2) is 48.5 Å². The molecule has 0 heterocycles. The van der Waals surface area contributed by atoms with Crippen LogP contribution in [0, 0.1) is 0 Å². The monoisotopic (exact) mass is 371 g/mol. The summed E-state index contributed by atoms with van der Waals surface area (Å²) in [4.78, 5) is 23.8. The van der Waals surface area contributed by atoms with E-state index in [0.29, 0.717) is 31.1 Å². The Balaban J connectivity index is 1.81. The van der Waals surface area contributed by atoms with Gasteiger partial charge in [-0.2, -0.15) is 0 Å². The van der Waals surface area contributed by atoms with Crippen LogP contribution in [0.4, 0.5) is 16.2 Å². The number of amides is 3. The fourth-order valence-corrected chi connectivity index (χ4v) is 2.34. The van der Waals surface area contributed by atoms with E-state index in [2.05, 4.69) is 16.0 Å². The van der Waals surface area contributed by atoms with Crippen LogP contribution in [0.2, 0.25) is 0 Å². The van der Waals surface area contributed by atoms with Crippen molar-refractivity contribution in [2.75, 3.05) is 37.5 Å². The molecule has 2 rings (SSSR count). The molecule has 0 atom stereocenters. The number of methoxy groups -OCH3 is 1. The van der Waals surface area contributed by atoms with E-state index in [-0.39, 0.29) is 18.4 Å². The van der Waals surface area contributed by atoms with Gasteiger partial charge in [0.05, 0.1) is 19.6 Å². The number of anilines is 2. The fourth-order valence-electron chi connectivity index (χ4n) is 2.34. The van der Waals surface area contributed by atoms with Gasteiger partial charge in [0.15, 0.2) is 0 Å². The van der Waals surface area contributed by atoms with Crippen LogP contribution >= 0.6 is 0 Å². The molecular formula is C20H25N3O4. The van der Waals surface area contributed by atoms with Crippen molar-refractivity contribution in [2.24, 2.45) is 0 Å². The smallest absolute Gasteiger partial charge is 0.323 e. The molecule has 0 aliphatic carbocycles. The number of ether oxygens (including phenoxy) is 2. The van der Waals surface area contributed by atoms with Crippen molar-refractivity contribution >= 4 is 23.3 Å². The highest BCUT2D eigenvalue weighted by Gasteiger charge is 2.05. The molecule has 0 unspecified atom stereocenters. The molecule has 0 aromatic heterocycles. The quantitative estimate of drug-likeness (QED) is 0.591. The first-order valence-corrected chi connectivity index (χ1v) is 8.76. The van der Waals surface area contributed by atoms with Crippen LogP contribution in [0.1, 0.15) is 12.5 Å². The number of carbonyl (C=O) groups is 2. The van der Waals surface area contributed by atoms with Crippen LogP contribution in [0.5, 0.6) is 5.75 Å². The average Bonchev–Trinajstić information content (AvgIpc) is 2.65. The van der Waals surface area contributed by atoms with Gasteiger partial charge in [-0.3, -0.25) is 4.79 Å². The Morgan fingerprint density at radius 3 is 2.07 bits per heavy atom. The molecule has 2 aromatic rings. The highest BCUT2D eigenvalue weighted by molar-refractivity contribution is 5.99. The topological polar surface area (TPSA) is 88.7 Å². The third-order valence-electron chi connectivity index (χ3n) is 3.63. The maximum atomic E-state index is 12.1. The minimum Gasteiger partial charge on any atom is -0.494 e. The highest BCUT2D eigenvalue weighted by Crippen LogP contribution is 2.16. The maximum absolute atomic E-state index is 12.1. The summed E-state index contributed by atoms with van der Waals surface area (Å²) in [5.41, 5.74) is 2.17. The Labute approximate surface area is 159 Å². The van der Waals surface area contributed by atoms with E-state index in [1.807, 2.05) is 19.1 Å². The van der Waals surface area contributed by atoms with Crippen molar-refractivity contribution in [3.05, 3.63) is 54.1 Å². The predicted octanol–water partition coefficient (Wildman–Crippen LogP) is 3.03. The molecule has 0 fully saturated rings. The van der Waals surface area contributed by atoms with E-state index >= 15 is 0 Å². The first-order valence-electron chi connectivity index (χ1n) is 8.76. The van der Waals surface area contributed by atoms with Gasteiger partial charge in [0.25, 0.3) is 0 Å². The van der Waals surface area contributed by atoms with E-state index in [1.165, 1.54) is 0 Å². The summed E-state index contributed by atoms with van der Waals surface area (Å²) in [5.74, 6) is 0.686. The SMILES string of the molecule is CCOc1ccc(NC(=O)Nc2ccc(CC(=O)NCCOC)cc2)cc1. The van der Waals surface area contributed by atoms with Crippen LogP contribution in [-0.4, -0.2) is 38.8 Å². The Morgan fingerprint density at radius 2 is 1.52 bits per heavy atom. The summed E-state index contributed by atoms with van der Waals surface area (Å²) in [6.07, 6.45) is 0.280. The number of carbonyl (C=O) groups excluding carboxylic acids is 2. The lowest BCUT2D eigenvalue weighted by Crippen LogP contribution is -2.28. The van der Waals surface area contributed by atoms with Gasteiger partial charge >= 0.3 is 6.03 Å². The van der Waals surface area contributed by atoms with E-state index in [0.717, 1.165) is 11.3 Å². The summed E-state index contributed by atoms with van der Waals surface area (Å²) in [7, 11) is 1.59. The molecular weight excluding hydrogens is 346 g/mol. The molecule has 3 N–H and O–H groups in total. The lowest BCUT2D eigenvalue weighted by Gasteiger charge is -2.09. The van der Waals surface area contributed by atoms with Crippen molar-refractivity contribution in [2.45, 2.75) is 13.3 Å². The van der Waals surface area contributed by atoms with Gasteiger partial charge in [0, 0.05) is 25.0 Å². The first kappa shape index (κ1) is 20.3. The fraction of sp³-hybridized carbons (Fsp3) is 0.300. The summed E-state index contributed by atoms with van der Waals surface area (Å²) in [6.45, 7) is 3.48. The Morgan fingerprint density at radius 1 is 0.926 bits per heavy atom. The normalized spacial score (nSPS) is 10.1. The van der Waals surface area contributed by atoms with E-state index in [4.69, 9.17) is 9.47 Å². The zero-order chi connectivity index (χ0) is 19.5. The number of hydrogen-bond donors (Lipinski definition) is 3. The molecule has 0 radical (unpaired) electrons. The Bertz CT molecular complexity index is 730. The van der Waals surface area contributed by atoms with Gasteiger partial charge < -0.3 is 25.4 Å². The van der Waals surface area contributed by atoms with Gasteiger partial charge in [-0.15, -0.1) is 0 Å². The lowest BCUT2D eigenvalue weighted by molar-refractivity contribution is -0.120. The zero-order valence-electron chi connectivity index (χ0n) is 15.6. The molecule has 0 saturated carbocycles. The summed E-state index contributed by atoms with van der Waals surface area (Å²) < 4.78 is 10.3. The van der Waals surface area contributed by atoms with E-state index in [1.54, 1.807) is 43.5 Å². The maximum Gasteiger partial charge on any atom is 0.323 e. The second-order valence-electron chi connectivity index (χ2n) is 5.75. The standard InChI is InChI=1S/C20H25N3O4/c1-3-27-18-10-8-17(9-11-18)23-20(25)22-16-6-4-15(5-7-16)14-19(24)21-12-13-26-2/h4-11H,3,12-14H2,1-2H3,(H,21,24)(H2,22,23,25). The zero-order valence-corrected chi connectivity index (χ0v) is 15.6. The van der Waals surface area contributed by atoms with Gasteiger partial charge in [-0.25, -0.2) is 4.79 Å². The van der Waals surface area contributed by atoms with Crippen molar-refractivity contribution in [3.63, 3.8) is 0 Å². The van der Waals surface area contributed by atoms with E-state index in [9.17, 15) is 9.59 Å². The van der Waals surface area contributed by atoms with Crippen LogP contribution in [-0.2, 0) is 16.0 Å². The second kappa shape index (κ2) is 10.8. The van der Waals surface area contributed by atoms with Gasteiger partial charge in [-0.1, -0.05) is 12.1 Å². The third kappa shape index (κ3) is 7.37. The molecule has 144 valence electrons. The molecule has 2 aromatic carbocycles. The summed E-state index contributed by atoms with van der Waals surface area (Å²) in [6, 6.07) is 13.9. The van der Waals surface area contributed by atoms with Crippen LogP contribution < -0.4 is 20.7 Å². The number of benzene rings is 2. The summed E-state index contributed by atoms with van der Waals surface area (Å²) in [5, 5.41) is 8.27. The number of hydrogen-bond acceptors (Lipinski definition) is 4. The molecule has 27 heavy (non-hydrogen) atoms. The van der Waals surface area contributed by atoms with Gasteiger partial charge in [0.1, 0.15) is 5.75 Å². The molecule has 3 amide bonds. The van der Waals surface area contributed by atoms with E-state index < -0.39 is 0 Å². The summed E-state index contributed by atoms with van der Waals surface area (Å²) >= 11 is 0. The number of rotatable bonds is 9. The first-order chi connectivity index (χ1) is 13.1. The number of urea groups is 1. The molecule has 0 bridgehead atoms. The van der Waals surface area contributed by atoms with Gasteiger partial charge in [0.2, 0.25) is 5.91 Å². The molecule has 7 nitrogen and oxygen atoms in total. The molecule has 7 heteroatoms. The van der Waals surface area contributed by atoms with Crippen molar-refractivity contribution < 1.29 is 19.1 Å². The largest absolute Gasteiger partial charge is 0.494 e. The minimum atomic E-state index is -0.343. The third-order valence-corrected chi connectivity index (χ3v) is 3.63. The van der Waals surface area contributed by atoms with Crippen LogP contribution in [0.3, 0.4) is 0 Å². The van der Waals surface area contributed by atoms with Crippen molar-refractivity contribution in [1.29, 1.82) is 0 Å². The molecule has 0 spiro atoms. The van der Waals surface area contributed by atoms with Crippen molar-refractivity contribution in [1.82, 2.24) is 5.32 Å². The Kier molecular flexibility index (Phi) is 8.12. The minimum absolute atomic E-state index is 0.0685. The molecule has 0 aliphatic rings. The molecule has 0 saturated heterocycles. The van der Waals surface area contributed by atoms with Crippen LogP contribution in [0.25, 0.3) is 0 Å². The average molecular weight is 371 g/mol. The predicted molar refractivity (Wildman–Crippen MR) is 105 cm³/mol. The number of nitrogens with one attached hydrogen (secondary N) is 3. The second-order valence-corrected chi connectivity index (χ2v) is 5.75. The Hall–Kier alpha value is -3.06. The molecule has 0 aliphatic heterocycles. The highest BCUT2D eigenvalue weighted by atomic mass is 16.5. The van der Waals surface area contributed by atoms with Crippen molar-refractivity contribution in [3.8, 4) is 5.75 Å². The lowest BCUT2D eigenvalue weighted by atomic mass is 10.1. The van der Waals surface area contributed by atoms with Gasteiger partial charge in [-0.05, 0) is 48.9 Å².